The Morgan fingerprint density at radius 2 is 2.00 bits per heavy atom. The summed E-state index contributed by atoms with van der Waals surface area (Å²) in [5, 5.41) is 6.84. The first kappa shape index (κ1) is 17.1. The molecule has 2 heterocycles. The lowest BCUT2D eigenvalue weighted by atomic mass is 10.1. The van der Waals surface area contributed by atoms with Crippen LogP contribution in [0.25, 0.3) is 0 Å². The number of ether oxygens (including phenoxy) is 2. The fourth-order valence-electron chi connectivity index (χ4n) is 2.73. The molecule has 134 valence electrons. The molecule has 1 aromatic carbocycles. The van der Waals surface area contributed by atoms with E-state index in [9.17, 15) is 4.79 Å². The summed E-state index contributed by atoms with van der Waals surface area (Å²) in [7, 11) is 1.76. The van der Waals surface area contributed by atoms with Crippen LogP contribution in [0.15, 0.2) is 22.7 Å². The van der Waals surface area contributed by atoms with Gasteiger partial charge in [0.2, 0.25) is 0 Å². The third kappa shape index (κ3) is 4.04. The molecule has 1 N–H and O–H groups in total. The van der Waals surface area contributed by atoms with Crippen LogP contribution < -0.4 is 14.8 Å². The number of urea groups is 1. The van der Waals surface area contributed by atoms with E-state index in [1.807, 2.05) is 32.0 Å². The minimum Gasteiger partial charge on any atom is -0.486 e. The Kier molecular flexibility index (Phi) is 5.11. The van der Waals surface area contributed by atoms with Gasteiger partial charge >= 0.3 is 6.03 Å². The van der Waals surface area contributed by atoms with Crippen LogP contribution in [0.3, 0.4) is 0 Å². The Morgan fingerprint density at radius 1 is 1.24 bits per heavy atom. The van der Waals surface area contributed by atoms with Gasteiger partial charge in [-0.15, -0.1) is 0 Å². The van der Waals surface area contributed by atoms with Gasteiger partial charge in [-0.1, -0.05) is 11.2 Å². The van der Waals surface area contributed by atoms with Crippen LogP contribution in [0.1, 0.15) is 22.6 Å². The summed E-state index contributed by atoms with van der Waals surface area (Å²) < 4.78 is 16.2. The molecule has 0 spiro atoms. The molecule has 1 aliphatic heterocycles. The first-order chi connectivity index (χ1) is 12.0. The van der Waals surface area contributed by atoms with Crippen LogP contribution in [0.5, 0.6) is 11.5 Å². The summed E-state index contributed by atoms with van der Waals surface area (Å²) in [6.07, 6.45) is 0.724. The molecule has 0 aliphatic carbocycles. The van der Waals surface area contributed by atoms with E-state index in [2.05, 4.69) is 10.5 Å². The molecule has 0 saturated heterocycles. The van der Waals surface area contributed by atoms with Crippen molar-refractivity contribution in [3.63, 3.8) is 0 Å². The Balaban J connectivity index is 1.49. The zero-order valence-corrected chi connectivity index (χ0v) is 14.8. The number of hydrogen-bond donors (Lipinski definition) is 1. The van der Waals surface area contributed by atoms with Crippen LogP contribution in [0.2, 0.25) is 0 Å². The highest BCUT2D eigenvalue weighted by Crippen LogP contribution is 2.30. The van der Waals surface area contributed by atoms with Crippen molar-refractivity contribution in [2.75, 3.05) is 26.8 Å². The normalized spacial score (nSPS) is 12.8. The van der Waals surface area contributed by atoms with Crippen LogP contribution >= 0.6 is 0 Å². The quantitative estimate of drug-likeness (QED) is 0.901. The Morgan fingerprint density at radius 3 is 2.72 bits per heavy atom. The van der Waals surface area contributed by atoms with E-state index < -0.39 is 0 Å². The molecule has 0 radical (unpaired) electrons. The molecule has 7 heteroatoms. The lowest BCUT2D eigenvalue weighted by molar-refractivity contribution is 0.171. The number of aromatic nitrogens is 1. The molecule has 0 unspecified atom stereocenters. The number of hydrogen-bond acceptors (Lipinski definition) is 5. The van der Waals surface area contributed by atoms with E-state index in [1.54, 1.807) is 11.9 Å². The second-order valence-electron chi connectivity index (χ2n) is 6.12. The van der Waals surface area contributed by atoms with Crippen LogP contribution in [0.4, 0.5) is 4.79 Å². The van der Waals surface area contributed by atoms with Crippen molar-refractivity contribution < 1.29 is 18.8 Å². The molecule has 0 atom stereocenters. The highest BCUT2D eigenvalue weighted by atomic mass is 16.6. The van der Waals surface area contributed by atoms with Gasteiger partial charge in [0.1, 0.15) is 19.0 Å². The summed E-state index contributed by atoms with van der Waals surface area (Å²) in [4.78, 5) is 13.9. The maximum absolute atomic E-state index is 12.2. The minimum absolute atomic E-state index is 0.127. The maximum atomic E-state index is 12.2. The van der Waals surface area contributed by atoms with Gasteiger partial charge in [0, 0.05) is 19.2 Å². The van der Waals surface area contributed by atoms with Gasteiger partial charge in [0.25, 0.3) is 0 Å². The Hall–Kier alpha value is -2.70. The number of carbonyl (C=O) groups excluding carboxylic acids is 1. The molecule has 0 saturated carbocycles. The summed E-state index contributed by atoms with van der Waals surface area (Å²) in [5.41, 5.74) is 2.86. The van der Waals surface area contributed by atoms with Crippen molar-refractivity contribution >= 4 is 6.03 Å². The van der Waals surface area contributed by atoms with Crippen molar-refractivity contribution in [2.45, 2.75) is 26.8 Å². The number of aryl methyl sites for hydroxylation is 2. The lowest BCUT2D eigenvalue weighted by Gasteiger charge is -2.19. The number of fused-ring (bicyclic) bond motifs is 1. The van der Waals surface area contributed by atoms with E-state index in [-0.39, 0.29) is 6.03 Å². The number of carbonyl (C=O) groups is 1. The zero-order valence-electron chi connectivity index (χ0n) is 14.8. The van der Waals surface area contributed by atoms with Crippen molar-refractivity contribution in [2.24, 2.45) is 0 Å². The highest BCUT2D eigenvalue weighted by molar-refractivity contribution is 5.73. The van der Waals surface area contributed by atoms with Crippen molar-refractivity contribution in [3.05, 3.63) is 40.8 Å². The zero-order chi connectivity index (χ0) is 17.8. The van der Waals surface area contributed by atoms with E-state index in [0.29, 0.717) is 26.3 Å². The highest BCUT2D eigenvalue weighted by Gasteiger charge is 2.15. The Labute approximate surface area is 146 Å². The molecule has 0 fully saturated rings. The van der Waals surface area contributed by atoms with Crippen molar-refractivity contribution in [3.8, 4) is 11.5 Å². The first-order valence-corrected chi connectivity index (χ1v) is 8.34. The van der Waals surface area contributed by atoms with E-state index >= 15 is 0 Å². The molecular weight excluding hydrogens is 322 g/mol. The number of rotatable bonds is 5. The minimum atomic E-state index is -0.127. The number of nitrogens with zero attached hydrogens (tertiary/aromatic N) is 2. The summed E-state index contributed by atoms with van der Waals surface area (Å²) in [6.45, 7) is 5.89. The second kappa shape index (κ2) is 7.46. The van der Waals surface area contributed by atoms with Gasteiger partial charge in [-0.05, 0) is 38.0 Å². The van der Waals surface area contributed by atoms with Gasteiger partial charge in [0.15, 0.2) is 11.5 Å². The molecule has 1 aliphatic rings. The first-order valence-electron chi connectivity index (χ1n) is 8.34. The fourth-order valence-corrected chi connectivity index (χ4v) is 2.73. The van der Waals surface area contributed by atoms with Crippen molar-refractivity contribution in [1.82, 2.24) is 15.4 Å². The predicted octanol–water partition coefficient (Wildman–Crippen LogP) is 2.45. The van der Waals surface area contributed by atoms with Crippen LogP contribution in [-0.4, -0.2) is 42.9 Å². The molecule has 2 amide bonds. The standard InChI is InChI=1S/C18H23N3O4/c1-12-15(13(2)25-20-12)11-21(3)18(22)19-7-6-14-4-5-16-17(10-14)24-9-8-23-16/h4-5,10H,6-9,11H2,1-3H3,(H,19,22). The summed E-state index contributed by atoms with van der Waals surface area (Å²) in [5.74, 6) is 2.29. The Bertz CT molecular complexity index is 737. The topological polar surface area (TPSA) is 76.8 Å². The lowest BCUT2D eigenvalue weighted by Crippen LogP contribution is -2.38. The van der Waals surface area contributed by atoms with Gasteiger partial charge in [0.05, 0.1) is 12.2 Å². The molecule has 1 aromatic heterocycles. The fraction of sp³-hybridized carbons (Fsp3) is 0.444. The van der Waals surface area contributed by atoms with Gasteiger partial charge < -0.3 is 24.2 Å². The number of benzene rings is 1. The van der Waals surface area contributed by atoms with E-state index in [0.717, 1.165) is 40.5 Å². The SMILES string of the molecule is Cc1noc(C)c1CN(C)C(=O)NCCc1ccc2c(c1)OCCO2. The average Bonchev–Trinajstić information content (AvgIpc) is 2.93. The van der Waals surface area contributed by atoms with Crippen molar-refractivity contribution in [1.29, 1.82) is 0 Å². The second-order valence-corrected chi connectivity index (χ2v) is 6.12. The summed E-state index contributed by atoms with van der Waals surface area (Å²) in [6, 6.07) is 5.74. The molecular formula is C18H23N3O4. The molecule has 0 bridgehead atoms. The average molecular weight is 345 g/mol. The summed E-state index contributed by atoms with van der Waals surface area (Å²) >= 11 is 0. The molecule has 7 nitrogen and oxygen atoms in total. The van der Waals surface area contributed by atoms with E-state index in [4.69, 9.17) is 14.0 Å². The van der Waals surface area contributed by atoms with Gasteiger partial charge in [-0.25, -0.2) is 4.79 Å². The van der Waals surface area contributed by atoms with Crippen LogP contribution in [0, 0.1) is 13.8 Å². The molecule has 3 rings (SSSR count). The monoisotopic (exact) mass is 345 g/mol. The van der Waals surface area contributed by atoms with Gasteiger partial charge in [-0.2, -0.15) is 0 Å². The number of amides is 2. The van der Waals surface area contributed by atoms with E-state index in [1.165, 1.54) is 0 Å². The predicted molar refractivity (Wildman–Crippen MR) is 92.0 cm³/mol. The maximum Gasteiger partial charge on any atom is 0.317 e. The van der Waals surface area contributed by atoms with Crippen LogP contribution in [-0.2, 0) is 13.0 Å². The third-order valence-corrected chi connectivity index (χ3v) is 4.22. The smallest absolute Gasteiger partial charge is 0.317 e. The largest absolute Gasteiger partial charge is 0.486 e. The number of nitrogens with one attached hydrogen (secondary N) is 1. The molecule has 25 heavy (non-hydrogen) atoms. The third-order valence-electron chi connectivity index (χ3n) is 4.22. The molecule has 2 aromatic rings. The van der Waals surface area contributed by atoms with Gasteiger partial charge in [-0.3, -0.25) is 0 Å².